The first-order valence-electron chi connectivity index (χ1n) is 11.3. The van der Waals surface area contributed by atoms with E-state index in [4.69, 9.17) is 14.2 Å². The summed E-state index contributed by atoms with van der Waals surface area (Å²) in [5.74, 6) is 0.308. The maximum atomic E-state index is 12.6. The van der Waals surface area contributed by atoms with Crippen LogP contribution in [0.3, 0.4) is 0 Å². The summed E-state index contributed by atoms with van der Waals surface area (Å²) in [6.45, 7) is 2.08. The number of carboxylic acids is 1. The number of aromatic nitrogens is 2. The number of hydrogen-bond donors (Lipinski definition) is 1. The van der Waals surface area contributed by atoms with Gasteiger partial charge in [-0.2, -0.15) is 0 Å². The second kappa shape index (κ2) is 11.9. The molecule has 0 saturated carbocycles. The van der Waals surface area contributed by atoms with E-state index in [1.54, 1.807) is 49.7 Å². The number of carbonyl (C=O) groups excluding carboxylic acids is 1. The lowest BCUT2D eigenvalue weighted by Crippen LogP contribution is -2.12. The second-order valence-corrected chi connectivity index (χ2v) is 7.92. The van der Waals surface area contributed by atoms with Crippen LogP contribution in [0.4, 0.5) is 0 Å². The molecule has 0 bridgehead atoms. The average Bonchev–Trinajstić information content (AvgIpc) is 3.28. The van der Waals surface area contributed by atoms with E-state index in [0.717, 1.165) is 24.2 Å². The van der Waals surface area contributed by atoms with E-state index >= 15 is 0 Å². The smallest absolute Gasteiger partial charge is 0.340 e. The third-order valence-corrected chi connectivity index (χ3v) is 5.59. The summed E-state index contributed by atoms with van der Waals surface area (Å²) < 4.78 is 17.4. The van der Waals surface area contributed by atoms with Gasteiger partial charge in [-0.3, -0.25) is 4.57 Å². The molecule has 3 rings (SSSR count). The van der Waals surface area contributed by atoms with Gasteiger partial charge in [-0.1, -0.05) is 25.5 Å². The van der Waals surface area contributed by atoms with Gasteiger partial charge >= 0.3 is 11.9 Å². The van der Waals surface area contributed by atoms with Crippen molar-refractivity contribution in [3.05, 3.63) is 76.9 Å². The molecule has 1 heterocycles. The topological polar surface area (TPSA) is 99.9 Å². The molecule has 0 saturated heterocycles. The Balaban J connectivity index is 2.16. The number of carbonyl (C=O) groups is 2. The molecule has 3 aromatic rings. The normalized spacial score (nSPS) is 11.3. The number of nitrogens with zero attached hydrogens (tertiary/aromatic N) is 2. The van der Waals surface area contributed by atoms with Crippen LogP contribution in [-0.4, -0.2) is 47.9 Å². The number of hydrogen-bond acceptors (Lipinski definition) is 6. The molecule has 0 aliphatic heterocycles. The number of ether oxygens (including phenoxy) is 3. The number of unbranched alkanes of at least 4 members (excludes halogenated alkanes) is 1. The highest BCUT2D eigenvalue weighted by molar-refractivity contribution is 5.95. The van der Waals surface area contributed by atoms with Gasteiger partial charge in [0.05, 0.1) is 44.5 Å². The predicted molar refractivity (Wildman–Crippen MR) is 132 cm³/mol. The van der Waals surface area contributed by atoms with Gasteiger partial charge in [-0.25, -0.2) is 14.6 Å². The van der Waals surface area contributed by atoms with E-state index < -0.39 is 11.9 Å². The van der Waals surface area contributed by atoms with Crippen molar-refractivity contribution in [1.82, 2.24) is 9.55 Å². The third-order valence-electron chi connectivity index (χ3n) is 5.59. The third kappa shape index (κ3) is 6.09. The number of aryl methyl sites for hydroxylation is 1. The Morgan fingerprint density at radius 1 is 1.06 bits per heavy atom. The van der Waals surface area contributed by atoms with Gasteiger partial charge in [0.2, 0.25) is 0 Å². The first kappa shape index (κ1) is 25.6. The van der Waals surface area contributed by atoms with Crippen LogP contribution in [0.25, 0.3) is 11.8 Å². The van der Waals surface area contributed by atoms with Crippen LogP contribution >= 0.6 is 0 Å². The zero-order chi connectivity index (χ0) is 25.4. The molecular formula is C27H30N2O6. The molecule has 0 radical (unpaired) electrons. The van der Waals surface area contributed by atoms with Crippen molar-refractivity contribution in [2.75, 3.05) is 21.3 Å². The number of methoxy groups -OCH3 is 3. The van der Waals surface area contributed by atoms with E-state index in [-0.39, 0.29) is 12.0 Å². The molecule has 35 heavy (non-hydrogen) atoms. The van der Waals surface area contributed by atoms with Crippen LogP contribution in [0.1, 0.15) is 47.2 Å². The summed E-state index contributed by atoms with van der Waals surface area (Å²) in [6, 6.07) is 12.4. The Bertz CT molecular complexity index is 1230. The largest absolute Gasteiger partial charge is 0.497 e. The number of benzene rings is 2. The lowest BCUT2D eigenvalue weighted by atomic mass is 10.0. The maximum Gasteiger partial charge on any atom is 0.340 e. The van der Waals surface area contributed by atoms with Gasteiger partial charge in [-0.05, 0) is 48.4 Å². The van der Waals surface area contributed by atoms with Crippen molar-refractivity contribution >= 4 is 18.0 Å². The fourth-order valence-corrected chi connectivity index (χ4v) is 3.78. The van der Waals surface area contributed by atoms with Crippen LogP contribution in [0, 0.1) is 0 Å². The summed E-state index contributed by atoms with van der Waals surface area (Å²) in [7, 11) is 4.40. The maximum absolute atomic E-state index is 12.6. The first-order valence-corrected chi connectivity index (χ1v) is 11.3. The molecule has 0 aliphatic rings. The van der Waals surface area contributed by atoms with Crippen LogP contribution < -0.4 is 9.47 Å². The van der Waals surface area contributed by atoms with Crippen LogP contribution in [0.2, 0.25) is 0 Å². The Morgan fingerprint density at radius 2 is 1.80 bits per heavy atom. The van der Waals surface area contributed by atoms with Gasteiger partial charge in [0.1, 0.15) is 17.3 Å². The number of imidazole rings is 1. The fourth-order valence-electron chi connectivity index (χ4n) is 3.78. The van der Waals surface area contributed by atoms with E-state index in [9.17, 15) is 14.7 Å². The molecule has 0 unspecified atom stereocenters. The highest BCUT2D eigenvalue weighted by atomic mass is 16.5. The van der Waals surface area contributed by atoms with E-state index in [2.05, 4.69) is 11.9 Å². The minimum Gasteiger partial charge on any atom is -0.497 e. The van der Waals surface area contributed by atoms with E-state index in [0.29, 0.717) is 34.9 Å². The number of aliphatic carboxylic acids is 1. The standard InChI is InChI=1S/C27H30N2O6/c1-5-6-10-25-28-17-20(15-19(26(30)31)13-18-8-7-9-21(14-18)33-2)29(25)24-12-11-22(34-3)16-23(24)27(32)35-4/h7-9,11-12,14-17H,5-6,10,13H2,1-4H3,(H,30,31)/b19-15+. The Hall–Kier alpha value is -4.07. The highest BCUT2D eigenvalue weighted by Crippen LogP contribution is 2.27. The fraction of sp³-hybridized carbons (Fsp3) is 0.296. The average molecular weight is 479 g/mol. The Kier molecular flexibility index (Phi) is 8.67. The SMILES string of the molecule is CCCCc1ncc(/C=C(\Cc2cccc(OC)c2)C(=O)O)n1-c1ccc(OC)cc1C(=O)OC. The van der Waals surface area contributed by atoms with Crippen LogP contribution in [0.5, 0.6) is 11.5 Å². The quantitative estimate of drug-likeness (QED) is 0.314. The molecule has 0 fully saturated rings. The molecule has 8 nitrogen and oxygen atoms in total. The molecule has 1 N–H and O–H groups in total. The molecule has 0 amide bonds. The van der Waals surface area contributed by atoms with Gasteiger partial charge in [0.15, 0.2) is 0 Å². The monoisotopic (exact) mass is 478 g/mol. The van der Waals surface area contributed by atoms with Gasteiger partial charge < -0.3 is 19.3 Å². The molecule has 0 spiro atoms. The second-order valence-electron chi connectivity index (χ2n) is 7.92. The molecule has 8 heteroatoms. The number of carboxylic acid groups (broad SMARTS) is 1. The molecule has 0 aliphatic carbocycles. The van der Waals surface area contributed by atoms with E-state index in [1.165, 1.54) is 14.2 Å². The molecule has 0 atom stereocenters. The lowest BCUT2D eigenvalue weighted by Gasteiger charge is -2.16. The number of esters is 1. The van der Waals surface area contributed by atoms with E-state index in [1.807, 2.05) is 16.7 Å². The van der Waals surface area contributed by atoms with Gasteiger partial charge in [0.25, 0.3) is 0 Å². The predicted octanol–water partition coefficient (Wildman–Crippen LogP) is 4.73. The van der Waals surface area contributed by atoms with Crippen LogP contribution in [0.15, 0.2) is 54.2 Å². The van der Waals surface area contributed by atoms with Crippen molar-refractivity contribution < 1.29 is 28.9 Å². The van der Waals surface area contributed by atoms with Crippen molar-refractivity contribution in [2.24, 2.45) is 0 Å². The minimum absolute atomic E-state index is 0.176. The summed E-state index contributed by atoms with van der Waals surface area (Å²) in [5, 5.41) is 9.96. The molecule has 2 aromatic carbocycles. The zero-order valence-corrected chi connectivity index (χ0v) is 20.4. The summed E-state index contributed by atoms with van der Waals surface area (Å²) in [4.78, 5) is 29.4. The summed E-state index contributed by atoms with van der Waals surface area (Å²) in [6.07, 6.45) is 5.92. The minimum atomic E-state index is -1.04. The van der Waals surface area contributed by atoms with Gasteiger partial charge in [0, 0.05) is 18.4 Å². The van der Waals surface area contributed by atoms with Crippen molar-refractivity contribution in [2.45, 2.75) is 32.6 Å². The van der Waals surface area contributed by atoms with Crippen molar-refractivity contribution in [3.8, 4) is 17.2 Å². The van der Waals surface area contributed by atoms with Crippen LogP contribution in [-0.2, 0) is 22.4 Å². The summed E-state index contributed by atoms with van der Waals surface area (Å²) >= 11 is 0. The Morgan fingerprint density at radius 3 is 2.46 bits per heavy atom. The summed E-state index contributed by atoms with van der Waals surface area (Å²) in [5.41, 5.74) is 2.36. The van der Waals surface area contributed by atoms with Gasteiger partial charge in [-0.15, -0.1) is 0 Å². The Labute approximate surface area is 204 Å². The van der Waals surface area contributed by atoms with Crippen molar-refractivity contribution in [1.29, 1.82) is 0 Å². The first-order chi connectivity index (χ1) is 16.9. The molecule has 184 valence electrons. The molecule has 1 aromatic heterocycles. The lowest BCUT2D eigenvalue weighted by molar-refractivity contribution is -0.132. The highest BCUT2D eigenvalue weighted by Gasteiger charge is 2.20. The number of rotatable bonds is 11. The zero-order valence-electron chi connectivity index (χ0n) is 20.4. The van der Waals surface area contributed by atoms with Crippen molar-refractivity contribution in [3.63, 3.8) is 0 Å². The molecular weight excluding hydrogens is 448 g/mol.